The molecule has 0 heterocycles. The molecule has 0 aromatic heterocycles. The van der Waals surface area contributed by atoms with E-state index < -0.39 is 11.0 Å². The summed E-state index contributed by atoms with van der Waals surface area (Å²) in [6.07, 6.45) is 0. The quantitative estimate of drug-likeness (QED) is 0.672. The van der Waals surface area contributed by atoms with Crippen molar-refractivity contribution in [2.75, 3.05) is 0 Å². The minimum Gasteiger partial charge on any atom is -0.292 e. The summed E-state index contributed by atoms with van der Waals surface area (Å²) in [5, 5.41) is 23.2. The van der Waals surface area contributed by atoms with Gasteiger partial charge < -0.3 is 0 Å². The molecule has 2 unspecified atom stereocenters. The number of non-ortho nitro benzene ring substituents is 1. The van der Waals surface area contributed by atoms with Gasteiger partial charge in [-0.05, 0) is 30.2 Å². The lowest BCUT2D eigenvalue weighted by Crippen LogP contribution is -2.23. The molecule has 5 nitrogen and oxygen atoms in total. The molecule has 2 rings (SSSR count). The number of nitrogens with one attached hydrogen (secondary N) is 1. The zero-order valence-electron chi connectivity index (χ0n) is 11.6. The normalized spacial score (nSPS) is 13.1. The van der Waals surface area contributed by atoms with Gasteiger partial charge in [0.25, 0.3) is 5.69 Å². The van der Waals surface area contributed by atoms with Crippen molar-refractivity contribution in [3.05, 3.63) is 75.8 Å². The van der Waals surface area contributed by atoms with Crippen LogP contribution in [0.2, 0.25) is 0 Å². The van der Waals surface area contributed by atoms with Gasteiger partial charge in [-0.2, -0.15) is 5.26 Å². The van der Waals surface area contributed by atoms with Crippen LogP contribution in [0.5, 0.6) is 0 Å². The molecule has 0 amide bonds. The second kappa shape index (κ2) is 6.64. The van der Waals surface area contributed by atoms with Crippen molar-refractivity contribution >= 4 is 5.69 Å². The van der Waals surface area contributed by atoms with E-state index in [0.717, 1.165) is 5.56 Å². The van der Waals surface area contributed by atoms with Crippen LogP contribution in [0.1, 0.15) is 30.1 Å². The van der Waals surface area contributed by atoms with Gasteiger partial charge in [-0.3, -0.25) is 15.4 Å². The predicted octanol–water partition coefficient (Wildman–Crippen LogP) is 3.51. The molecule has 1 N–H and O–H groups in total. The van der Waals surface area contributed by atoms with Crippen LogP contribution in [0, 0.1) is 21.4 Å². The fourth-order valence-corrected chi connectivity index (χ4v) is 2.08. The molecule has 0 aliphatic rings. The number of benzene rings is 2. The van der Waals surface area contributed by atoms with Gasteiger partial charge in [0.2, 0.25) is 0 Å². The topological polar surface area (TPSA) is 79.0 Å². The SMILES string of the molecule is CC(NC(C#N)c1ccc([N+](=O)[O-])cc1)c1ccccc1. The van der Waals surface area contributed by atoms with Crippen molar-refractivity contribution < 1.29 is 4.92 Å². The summed E-state index contributed by atoms with van der Waals surface area (Å²) < 4.78 is 0. The van der Waals surface area contributed by atoms with Crippen LogP contribution in [0.4, 0.5) is 5.69 Å². The zero-order chi connectivity index (χ0) is 15.2. The van der Waals surface area contributed by atoms with Gasteiger partial charge in [0.1, 0.15) is 6.04 Å². The third kappa shape index (κ3) is 3.65. The van der Waals surface area contributed by atoms with Crippen molar-refractivity contribution in [1.29, 1.82) is 5.26 Å². The molecular formula is C16H15N3O2. The molecule has 2 aromatic carbocycles. The second-order valence-electron chi connectivity index (χ2n) is 4.71. The highest BCUT2D eigenvalue weighted by Crippen LogP contribution is 2.21. The lowest BCUT2D eigenvalue weighted by molar-refractivity contribution is -0.384. The molecule has 0 aliphatic heterocycles. The van der Waals surface area contributed by atoms with Gasteiger partial charge >= 0.3 is 0 Å². The van der Waals surface area contributed by atoms with E-state index in [9.17, 15) is 15.4 Å². The van der Waals surface area contributed by atoms with Crippen LogP contribution in [-0.4, -0.2) is 4.92 Å². The summed E-state index contributed by atoms with van der Waals surface area (Å²) in [7, 11) is 0. The Kier molecular flexibility index (Phi) is 4.64. The van der Waals surface area contributed by atoms with Crippen molar-refractivity contribution in [1.82, 2.24) is 5.32 Å². The third-order valence-corrected chi connectivity index (χ3v) is 3.28. The van der Waals surface area contributed by atoms with E-state index in [4.69, 9.17) is 0 Å². The molecule has 2 aromatic rings. The predicted molar refractivity (Wildman–Crippen MR) is 79.4 cm³/mol. The molecule has 5 heteroatoms. The fraction of sp³-hybridized carbons (Fsp3) is 0.188. The highest BCUT2D eigenvalue weighted by Gasteiger charge is 2.15. The molecule has 21 heavy (non-hydrogen) atoms. The Morgan fingerprint density at radius 3 is 2.24 bits per heavy atom. The van der Waals surface area contributed by atoms with Crippen molar-refractivity contribution in [3.8, 4) is 6.07 Å². The molecule has 0 saturated carbocycles. The smallest absolute Gasteiger partial charge is 0.269 e. The molecule has 0 aliphatic carbocycles. The van der Waals surface area contributed by atoms with Gasteiger partial charge in [0.15, 0.2) is 0 Å². The van der Waals surface area contributed by atoms with Crippen molar-refractivity contribution in [2.24, 2.45) is 0 Å². The first-order valence-electron chi connectivity index (χ1n) is 6.57. The lowest BCUT2D eigenvalue weighted by atomic mass is 10.0. The Balaban J connectivity index is 2.13. The summed E-state index contributed by atoms with van der Waals surface area (Å²) in [6.45, 7) is 1.98. The number of hydrogen-bond acceptors (Lipinski definition) is 4. The van der Waals surface area contributed by atoms with E-state index in [0.29, 0.717) is 5.56 Å². The first-order chi connectivity index (χ1) is 10.1. The van der Waals surface area contributed by atoms with Crippen LogP contribution in [0.25, 0.3) is 0 Å². The Hall–Kier alpha value is -2.71. The minimum absolute atomic E-state index is 0.00559. The number of rotatable bonds is 5. The van der Waals surface area contributed by atoms with Crippen molar-refractivity contribution in [3.63, 3.8) is 0 Å². The van der Waals surface area contributed by atoms with E-state index in [-0.39, 0.29) is 11.7 Å². The molecule has 106 valence electrons. The maximum absolute atomic E-state index is 10.6. The van der Waals surface area contributed by atoms with Crippen molar-refractivity contribution in [2.45, 2.75) is 19.0 Å². The molecule has 0 radical (unpaired) electrons. The molecule has 0 bridgehead atoms. The highest BCUT2D eigenvalue weighted by molar-refractivity contribution is 5.36. The van der Waals surface area contributed by atoms with Gasteiger partial charge in [-0.1, -0.05) is 30.3 Å². The molecule has 0 spiro atoms. The monoisotopic (exact) mass is 281 g/mol. The summed E-state index contributed by atoms with van der Waals surface area (Å²) in [4.78, 5) is 10.2. The summed E-state index contributed by atoms with van der Waals surface area (Å²) in [5.41, 5.74) is 1.82. The largest absolute Gasteiger partial charge is 0.292 e. The minimum atomic E-state index is -0.513. The van der Waals surface area contributed by atoms with E-state index >= 15 is 0 Å². The standard InChI is InChI=1S/C16H15N3O2/c1-12(13-5-3-2-4-6-13)18-16(11-17)14-7-9-15(10-8-14)19(20)21/h2-10,12,16,18H,1H3. The van der Waals surface area contributed by atoms with E-state index in [1.165, 1.54) is 12.1 Å². The number of nitrogens with zero attached hydrogens (tertiary/aromatic N) is 2. The highest BCUT2D eigenvalue weighted by atomic mass is 16.6. The molecular weight excluding hydrogens is 266 g/mol. The van der Waals surface area contributed by atoms with Gasteiger partial charge in [-0.25, -0.2) is 0 Å². The molecule has 0 fully saturated rings. The number of hydrogen-bond donors (Lipinski definition) is 1. The second-order valence-corrected chi connectivity index (χ2v) is 4.71. The zero-order valence-corrected chi connectivity index (χ0v) is 11.6. The Bertz CT molecular complexity index is 647. The van der Waals surface area contributed by atoms with Crippen LogP contribution >= 0.6 is 0 Å². The van der Waals surface area contributed by atoms with Gasteiger partial charge in [0, 0.05) is 18.2 Å². The molecule has 2 atom stereocenters. The first-order valence-corrected chi connectivity index (χ1v) is 6.57. The van der Waals surface area contributed by atoms with E-state index in [1.54, 1.807) is 12.1 Å². The summed E-state index contributed by atoms with van der Waals surface area (Å²) in [5.74, 6) is 0. The maximum Gasteiger partial charge on any atom is 0.269 e. The number of nitro benzene ring substituents is 1. The van der Waals surface area contributed by atoms with Gasteiger partial charge in [-0.15, -0.1) is 0 Å². The third-order valence-electron chi connectivity index (χ3n) is 3.28. The number of nitro groups is 1. The van der Waals surface area contributed by atoms with E-state index in [1.807, 2.05) is 37.3 Å². The van der Waals surface area contributed by atoms with Gasteiger partial charge in [0.05, 0.1) is 11.0 Å². The first kappa shape index (κ1) is 14.7. The van der Waals surface area contributed by atoms with Crippen LogP contribution < -0.4 is 5.32 Å². The Morgan fingerprint density at radius 2 is 1.71 bits per heavy atom. The van der Waals surface area contributed by atoms with Crippen LogP contribution in [0.3, 0.4) is 0 Å². The average Bonchev–Trinajstić information content (AvgIpc) is 2.53. The average molecular weight is 281 g/mol. The molecule has 0 saturated heterocycles. The Labute approximate surface area is 123 Å². The Morgan fingerprint density at radius 1 is 1.10 bits per heavy atom. The lowest BCUT2D eigenvalue weighted by Gasteiger charge is -2.18. The number of nitriles is 1. The van der Waals surface area contributed by atoms with Crippen LogP contribution in [-0.2, 0) is 0 Å². The van der Waals surface area contributed by atoms with E-state index in [2.05, 4.69) is 11.4 Å². The maximum atomic E-state index is 10.6. The summed E-state index contributed by atoms with van der Waals surface area (Å²) >= 11 is 0. The van der Waals surface area contributed by atoms with Crippen LogP contribution in [0.15, 0.2) is 54.6 Å². The summed E-state index contributed by atoms with van der Waals surface area (Å²) in [6, 6.07) is 17.5. The fourth-order valence-electron chi connectivity index (χ4n) is 2.08.